The first-order valence-electron chi connectivity index (χ1n) is 9.54. The Bertz CT molecular complexity index is 985. The molecule has 0 bridgehead atoms. The summed E-state index contributed by atoms with van der Waals surface area (Å²) in [5.41, 5.74) is 2.29. The number of carbonyl (C=O) groups excluding carboxylic acids is 1. The fraction of sp³-hybridized carbons (Fsp3) is 0.318. The summed E-state index contributed by atoms with van der Waals surface area (Å²) in [6, 6.07) is 13.1. The van der Waals surface area contributed by atoms with Gasteiger partial charge in [0, 0.05) is 23.7 Å². The van der Waals surface area contributed by atoms with Gasteiger partial charge in [0.15, 0.2) is 0 Å². The van der Waals surface area contributed by atoms with Gasteiger partial charge in [0.05, 0.1) is 6.20 Å². The molecule has 0 spiro atoms. The molecule has 0 N–H and O–H groups in total. The topological polar surface area (TPSA) is 59.2 Å². The first-order valence-corrected chi connectivity index (χ1v) is 9.92. The molecule has 1 aliphatic heterocycles. The minimum atomic E-state index is -0.163. The fourth-order valence-electron chi connectivity index (χ4n) is 3.63. The lowest BCUT2D eigenvalue weighted by atomic mass is 10.0. The van der Waals surface area contributed by atoms with E-state index in [0.29, 0.717) is 29.6 Å². The van der Waals surface area contributed by atoms with Crippen molar-refractivity contribution in [2.75, 3.05) is 6.54 Å². The van der Waals surface area contributed by atoms with Gasteiger partial charge in [-0.05, 0) is 49.9 Å². The highest BCUT2D eigenvalue weighted by Gasteiger charge is 2.32. The summed E-state index contributed by atoms with van der Waals surface area (Å²) in [4.78, 5) is 23.8. The van der Waals surface area contributed by atoms with Crippen LogP contribution in [0.1, 0.15) is 58.7 Å². The smallest absolute Gasteiger partial charge is 0.273 e. The largest absolute Gasteiger partial charge is 0.443 e. The van der Waals surface area contributed by atoms with Crippen molar-refractivity contribution < 1.29 is 9.21 Å². The van der Waals surface area contributed by atoms with E-state index in [2.05, 4.69) is 9.97 Å². The lowest BCUT2D eigenvalue weighted by molar-refractivity contribution is 0.0563. The molecule has 3 heterocycles. The number of likely N-dealkylation sites (tertiary alicyclic amines) is 1. The van der Waals surface area contributed by atoms with Gasteiger partial charge in [0.25, 0.3) is 5.91 Å². The van der Waals surface area contributed by atoms with E-state index >= 15 is 0 Å². The molecule has 1 amide bonds. The molecule has 1 atom stereocenters. The number of aromatic nitrogens is 2. The summed E-state index contributed by atoms with van der Waals surface area (Å²) >= 11 is 6.25. The van der Waals surface area contributed by atoms with Gasteiger partial charge >= 0.3 is 0 Å². The Morgan fingerprint density at radius 3 is 2.89 bits per heavy atom. The molecule has 0 aliphatic carbocycles. The minimum Gasteiger partial charge on any atom is -0.443 e. The molecular weight excluding hydrogens is 374 g/mol. The van der Waals surface area contributed by atoms with Crippen molar-refractivity contribution in [2.24, 2.45) is 0 Å². The van der Waals surface area contributed by atoms with Crippen molar-refractivity contribution in [1.29, 1.82) is 0 Å². The van der Waals surface area contributed by atoms with Gasteiger partial charge in [0.2, 0.25) is 5.89 Å². The van der Waals surface area contributed by atoms with E-state index in [9.17, 15) is 4.79 Å². The van der Waals surface area contributed by atoms with Crippen molar-refractivity contribution in [3.8, 4) is 0 Å². The van der Waals surface area contributed by atoms with E-state index in [1.54, 1.807) is 12.3 Å². The number of aryl methyl sites for hydroxylation is 1. The van der Waals surface area contributed by atoms with Crippen LogP contribution in [-0.2, 0) is 6.42 Å². The van der Waals surface area contributed by atoms with E-state index in [-0.39, 0.29) is 11.9 Å². The van der Waals surface area contributed by atoms with E-state index in [4.69, 9.17) is 16.0 Å². The average molecular weight is 396 g/mol. The highest BCUT2D eigenvalue weighted by molar-refractivity contribution is 6.31. The van der Waals surface area contributed by atoms with E-state index < -0.39 is 0 Å². The third kappa shape index (κ3) is 3.94. The Balaban J connectivity index is 1.56. The number of carbonyl (C=O) groups is 1. The summed E-state index contributed by atoms with van der Waals surface area (Å²) < 4.78 is 6.04. The monoisotopic (exact) mass is 395 g/mol. The number of rotatable bonds is 4. The zero-order valence-corrected chi connectivity index (χ0v) is 16.5. The van der Waals surface area contributed by atoms with Crippen LogP contribution >= 0.6 is 11.6 Å². The summed E-state index contributed by atoms with van der Waals surface area (Å²) in [5, 5.41) is 0.709. The number of piperidine rings is 1. The molecule has 2 aromatic heterocycles. The molecule has 144 valence electrons. The van der Waals surface area contributed by atoms with Crippen molar-refractivity contribution >= 4 is 17.5 Å². The zero-order chi connectivity index (χ0) is 19.5. The first-order chi connectivity index (χ1) is 13.6. The van der Waals surface area contributed by atoms with Crippen molar-refractivity contribution in [3.63, 3.8) is 0 Å². The standard InChI is InChI=1S/C22H22ClN3O2/c1-15-7-6-10-19(25-15)22(27)26-12-5-4-11-20(26)21-24-14-17(28-21)13-16-8-2-3-9-18(16)23/h2-3,6-10,14,20H,4-5,11-13H2,1H3/t20-/m0/s1. The highest BCUT2D eigenvalue weighted by atomic mass is 35.5. The van der Waals surface area contributed by atoms with Crippen LogP contribution in [0.4, 0.5) is 0 Å². The van der Waals surface area contributed by atoms with Crippen LogP contribution in [0.15, 0.2) is 53.1 Å². The third-order valence-corrected chi connectivity index (χ3v) is 5.42. The fourth-order valence-corrected chi connectivity index (χ4v) is 3.83. The Hall–Kier alpha value is -2.66. The van der Waals surface area contributed by atoms with Gasteiger partial charge in [0.1, 0.15) is 17.5 Å². The maximum atomic E-state index is 13.1. The molecule has 0 radical (unpaired) electrons. The van der Waals surface area contributed by atoms with Crippen LogP contribution in [0, 0.1) is 6.92 Å². The lowest BCUT2D eigenvalue weighted by Crippen LogP contribution is -2.39. The van der Waals surface area contributed by atoms with Crippen LogP contribution in [-0.4, -0.2) is 27.3 Å². The first kappa shape index (κ1) is 18.7. The highest BCUT2D eigenvalue weighted by Crippen LogP contribution is 2.32. The molecule has 6 heteroatoms. The molecule has 1 saturated heterocycles. The number of hydrogen-bond acceptors (Lipinski definition) is 4. The average Bonchev–Trinajstić information content (AvgIpc) is 3.18. The second kappa shape index (κ2) is 8.15. The minimum absolute atomic E-state index is 0.0701. The number of nitrogens with zero attached hydrogens (tertiary/aromatic N) is 3. The third-order valence-electron chi connectivity index (χ3n) is 5.05. The number of halogens is 1. The number of hydrogen-bond donors (Lipinski definition) is 0. The van der Waals surface area contributed by atoms with Gasteiger partial charge in [-0.15, -0.1) is 0 Å². The van der Waals surface area contributed by atoms with Crippen LogP contribution in [0.5, 0.6) is 0 Å². The van der Waals surface area contributed by atoms with Crippen LogP contribution < -0.4 is 0 Å². The zero-order valence-electron chi connectivity index (χ0n) is 15.8. The Kier molecular flexibility index (Phi) is 5.44. The summed E-state index contributed by atoms with van der Waals surface area (Å²) in [6.45, 7) is 2.57. The second-order valence-corrected chi connectivity index (χ2v) is 7.51. The molecular formula is C22H22ClN3O2. The molecule has 1 aliphatic rings. The van der Waals surface area contributed by atoms with Crippen molar-refractivity contribution in [2.45, 2.75) is 38.6 Å². The molecule has 3 aromatic rings. The van der Waals surface area contributed by atoms with Gasteiger partial charge in [-0.3, -0.25) is 4.79 Å². The quantitative estimate of drug-likeness (QED) is 0.624. The number of amides is 1. The normalized spacial score (nSPS) is 16.9. The predicted octanol–water partition coefficient (Wildman–Crippen LogP) is 4.99. The predicted molar refractivity (Wildman–Crippen MR) is 107 cm³/mol. The molecule has 0 unspecified atom stereocenters. The van der Waals surface area contributed by atoms with Gasteiger partial charge in [-0.1, -0.05) is 35.9 Å². The van der Waals surface area contributed by atoms with E-state index in [0.717, 1.165) is 36.3 Å². The molecule has 4 rings (SSSR count). The second-order valence-electron chi connectivity index (χ2n) is 7.11. The molecule has 1 fully saturated rings. The van der Waals surface area contributed by atoms with Crippen molar-refractivity contribution in [1.82, 2.24) is 14.9 Å². The maximum absolute atomic E-state index is 13.1. The Morgan fingerprint density at radius 2 is 2.07 bits per heavy atom. The van der Waals surface area contributed by atoms with E-state index in [1.165, 1.54) is 0 Å². The van der Waals surface area contributed by atoms with Crippen LogP contribution in [0.2, 0.25) is 5.02 Å². The van der Waals surface area contributed by atoms with E-state index in [1.807, 2.05) is 48.2 Å². The van der Waals surface area contributed by atoms with Gasteiger partial charge < -0.3 is 9.32 Å². The summed E-state index contributed by atoms with van der Waals surface area (Å²) in [7, 11) is 0. The molecule has 0 saturated carbocycles. The SMILES string of the molecule is Cc1cccc(C(=O)N2CCCC[C@H]2c2ncc(Cc3ccccc3Cl)o2)n1. The number of pyridine rings is 1. The van der Waals surface area contributed by atoms with Gasteiger partial charge in [-0.25, -0.2) is 9.97 Å². The number of oxazole rings is 1. The van der Waals surface area contributed by atoms with Gasteiger partial charge in [-0.2, -0.15) is 0 Å². The molecule has 28 heavy (non-hydrogen) atoms. The summed E-state index contributed by atoms with van der Waals surface area (Å²) in [6.07, 6.45) is 5.16. The summed E-state index contributed by atoms with van der Waals surface area (Å²) in [5.74, 6) is 1.26. The Morgan fingerprint density at radius 1 is 1.21 bits per heavy atom. The molecule has 1 aromatic carbocycles. The Labute approximate surface area is 169 Å². The molecule has 5 nitrogen and oxygen atoms in total. The van der Waals surface area contributed by atoms with Crippen LogP contribution in [0.3, 0.4) is 0 Å². The maximum Gasteiger partial charge on any atom is 0.273 e. The van der Waals surface area contributed by atoms with Crippen LogP contribution in [0.25, 0.3) is 0 Å². The number of benzene rings is 1. The lowest BCUT2D eigenvalue weighted by Gasteiger charge is -2.33. The van der Waals surface area contributed by atoms with Crippen molar-refractivity contribution in [3.05, 3.63) is 82.3 Å².